The van der Waals surface area contributed by atoms with Crippen LogP contribution < -0.4 is 10.1 Å². The molecule has 3 amide bonds. The summed E-state index contributed by atoms with van der Waals surface area (Å²) in [4.78, 5) is 40.3. The number of morpholine rings is 1. The molecule has 1 N–H and O–H groups in total. The van der Waals surface area contributed by atoms with Gasteiger partial charge in [0.25, 0.3) is 5.91 Å². The Hall–Kier alpha value is -3.04. The van der Waals surface area contributed by atoms with Gasteiger partial charge in [-0.2, -0.15) is 0 Å². The van der Waals surface area contributed by atoms with Gasteiger partial charge in [-0.15, -0.1) is 0 Å². The third kappa shape index (κ3) is 4.57. The van der Waals surface area contributed by atoms with Crippen LogP contribution in [0.5, 0.6) is 5.75 Å². The molecule has 2 aromatic carbocycles. The number of carbonyl (C=O) groups excluding carboxylic acids is 3. The molecule has 3 heterocycles. The standard InChI is InChI=1S/C25H24B3N3O5/c26-22(15-4-6-16(7-5-15)25(27,28)30-10-12-35-13-11-30)36-20-3-1-2-17-18(20)14-31(24(17)34)19-8-9-21(32)29-23(19)33/h1-7,19,22H,8-14H2,(H,29,32,33). The van der Waals surface area contributed by atoms with Crippen LogP contribution in [0.3, 0.4) is 0 Å². The molecule has 0 spiro atoms. The van der Waals surface area contributed by atoms with Crippen molar-refractivity contribution in [3.05, 3.63) is 64.7 Å². The highest BCUT2D eigenvalue weighted by Gasteiger charge is 2.40. The highest BCUT2D eigenvalue weighted by atomic mass is 16.5. The maximum Gasteiger partial charge on any atom is 0.255 e. The zero-order chi connectivity index (χ0) is 25.4. The van der Waals surface area contributed by atoms with Crippen LogP contribution in [0.25, 0.3) is 0 Å². The van der Waals surface area contributed by atoms with Crippen molar-refractivity contribution in [1.82, 2.24) is 15.1 Å². The topological polar surface area (TPSA) is 88.2 Å². The van der Waals surface area contributed by atoms with E-state index in [1.165, 1.54) is 4.90 Å². The number of amides is 3. The van der Waals surface area contributed by atoms with E-state index in [0.29, 0.717) is 55.2 Å². The fourth-order valence-corrected chi connectivity index (χ4v) is 4.93. The van der Waals surface area contributed by atoms with Gasteiger partial charge in [-0.3, -0.25) is 19.7 Å². The summed E-state index contributed by atoms with van der Waals surface area (Å²) in [5.41, 5.74) is 2.57. The number of fused-ring (bicyclic) bond motifs is 1. The smallest absolute Gasteiger partial charge is 0.255 e. The van der Waals surface area contributed by atoms with E-state index >= 15 is 0 Å². The molecule has 0 saturated carbocycles. The van der Waals surface area contributed by atoms with Crippen molar-refractivity contribution < 1.29 is 23.9 Å². The summed E-state index contributed by atoms with van der Waals surface area (Å²) in [6, 6.07) is 11.0. The molecular weight excluding hydrogens is 455 g/mol. The number of benzene rings is 2. The zero-order valence-corrected chi connectivity index (χ0v) is 19.8. The molecule has 178 valence electrons. The van der Waals surface area contributed by atoms with Gasteiger partial charge < -0.3 is 19.3 Å². The van der Waals surface area contributed by atoms with Crippen LogP contribution in [0, 0.1) is 0 Å². The Bertz CT molecular complexity index is 1180. The molecule has 3 aliphatic heterocycles. The van der Waals surface area contributed by atoms with Gasteiger partial charge in [-0.05, 0) is 35.0 Å². The number of piperidine rings is 1. The molecule has 0 aliphatic carbocycles. The van der Waals surface area contributed by atoms with Gasteiger partial charge in [-0.1, -0.05) is 30.3 Å². The molecule has 8 nitrogen and oxygen atoms in total. The largest absolute Gasteiger partial charge is 0.496 e. The molecule has 2 fully saturated rings. The molecule has 36 heavy (non-hydrogen) atoms. The Morgan fingerprint density at radius 2 is 1.78 bits per heavy atom. The summed E-state index contributed by atoms with van der Waals surface area (Å²) in [6.45, 7) is 2.65. The molecule has 2 aromatic rings. The minimum absolute atomic E-state index is 0.194. The van der Waals surface area contributed by atoms with Crippen LogP contribution in [0.4, 0.5) is 0 Å². The first-order valence-corrected chi connectivity index (χ1v) is 12.0. The van der Waals surface area contributed by atoms with E-state index in [1.807, 2.05) is 29.2 Å². The fraction of sp³-hybridized carbons (Fsp3) is 0.400. The number of hydrogen-bond acceptors (Lipinski definition) is 6. The van der Waals surface area contributed by atoms with Crippen LogP contribution in [0.2, 0.25) is 0 Å². The first kappa shape index (κ1) is 24.7. The maximum atomic E-state index is 13.0. The number of hydrogen-bond donors (Lipinski definition) is 1. The summed E-state index contributed by atoms with van der Waals surface area (Å²) in [7, 11) is 19.2. The second-order valence-electron chi connectivity index (χ2n) is 9.27. The molecule has 2 unspecified atom stereocenters. The van der Waals surface area contributed by atoms with Gasteiger partial charge >= 0.3 is 0 Å². The Balaban J connectivity index is 1.30. The van der Waals surface area contributed by atoms with Crippen molar-refractivity contribution in [2.45, 2.75) is 36.8 Å². The maximum absolute atomic E-state index is 13.0. The lowest BCUT2D eigenvalue weighted by molar-refractivity contribution is -0.136. The average molecular weight is 479 g/mol. The molecule has 11 heteroatoms. The number of ether oxygens (including phenoxy) is 2. The monoisotopic (exact) mass is 479 g/mol. The van der Waals surface area contributed by atoms with Gasteiger partial charge in [-0.25, -0.2) is 0 Å². The molecule has 2 atom stereocenters. The number of nitrogens with zero attached hydrogens (tertiary/aromatic N) is 2. The van der Waals surface area contributed by atoms with Crippen molar-refractivity contribution in [3.63, 3.8) is 0 Å². The van der Waals surface area contributed by atoms with E-state index < -0.39 is 23.3 Å². The van der Waals surface area contributed by atoms with Gasteiger partial charge in [0.1, 0.15) is 19.6 Å². The first-order chi connectivity index (χ1) is 17.3. The zero-order valence-electron chi connectivity index (χ0n) is 19.8. The molecule has 0 bridgehead atoms. The lowest BCUT2D eigenvalue weighted by Gasteiger charge is -2.42. The Morgan fingerprint density at radius 1 is 1.06 bits per heavy atom. The molecule has 3 aliphatic rings. The molecular formula is C25H24B3N3O5. The minimum Gasteiger partial charge on any atom is -0.496 e. The average Bonchev–Trinajstić information content (AvgIpc) is 3.22. The van der Waals surface area contributed by atoms with Crippen LogP contribution in [-0.2, 0) is 26.2 Å². The first-order valence-electron chi connectivity index (χ1n) is 12.0. The quantitative estimate of drug-likeness (QED) is 0.480. The highest BCUT2D eigenvalue weighted by Crippen LogP contribution is 2.35. The Labute approximate surface area is 213 Å². The van der Waals surface area contributed by atoms with E-state index in [1.54, 1.807) is 18.2 Å². The summed E-state index contributed by atoms with van der Waals surface area (Å²) in [6.07, 6.45) is 0.486. The lowest BCUT2D eigenvalue weighted by atomic mass is 9.56. The van der Waals surface area contributed by atoms with E-state index in [9.17, 15) is 14.4 Å². The van der Waals surface area contributed by atoms with Crippen LogP contribution in [0.15, 0.2) is 42.5 Å². The van der Waals surface area contributed by atoms with Crippen molar-refractivity contribution in [3.8, 4) is 5.75 Å². The van der Waals surface area contributed by atoms with Crippen LogP contribution >= 0.6 is 0 Å². The van der Waals surface area contributed by atoms with E-state index in [0.717, 1.165) is 5.56 Å². The van der Waals surface area contributed by atoms with Crippen LogP contribution in [0.1, 0.15) is 45.9 Å². The minimum atomic E-state index is -1.13. The van der Waals surface area contributed by atoms with Gasteiger partial charge in [0, 0.05) is 30.6 Å². The summed E-state index contributed by atoms with van der Waals surface area (Å²) in [5.74, 6) is -0.590. The fourth-order valence-electron chi connectivity index (χ4n) is 4.93. The highest BCUT2D eigenvalue weighted by molar-refractivity contribution is 6.39. The summed E-state index contributed by atoms with van der Waals surface area (Å²) in [5, 5.41) is 1.18. The van der Waals surface area contributed by atoms with E-state index in [4.69, 9.17) is 33.0 Å². The van der Waals surface area contributed by atoms with E-state index in [-0.39, 0.29) is 24.8 Å². The van der Waals surface area contributed by atoms with Crippen molar-refractivity contribution in [2.24, 2.45) is 0 Å². The second kappa shape index (κ2) is 9.79. The van der Waals surface area contributed by atoms with Crippen LogP contribution in [-0.4, -0.2) is 83.4 Å². The summed E-state index contributed by atoms with van der Waals surface area (Å²) < 4.78 is 11.5. The lowest BCUT2D eigenvalue weighted by Crippen LogP contribution is -2.52. The number of rotatable bonds is 6. The normalized spacial score (nSPS) is 21.7. The third-order valence-corrected chi connectivity index (χ3v) is 7.03. The van der Waals surface area contributed by atoms with E-state index in [2.05, 4.69) is 5.32 Å². The number of carbonyl (C=O) groups is 3. The predicted molar refractivity (Wildman–Crippen MR) is 134 cm³/mol. The third-order valence-electron chi connectivity index (χ3n) is 7.03. The van der Waals surface area contributed by atoms with Gasteiger partial charge in [0.05, 0.1) is 41.5 Å². The van der Waals surface area contributed by atoms with Crippen molar-refractivity contribution in [2.75, 3.05) is 26.3 Å². The Morgan fingerprint density at radius 3 is 2.47 bits per heavy atom. The van der Waals surface area contributed by atoms with Crippen molar-refractivity contribution in [1.29, 1.82) is 0 Å². The SMILES string of the molecule is [B]C(Oc1cccc2c1CN(C1CCC(=O)NC1=O)C2=O)c1ccc(C([B])([B])N2CCOCC2)cc1. The number of nitrogens with one attached hydrogen (secondary N) is 1. The molecule has 5 rings (SSSR count). The van der Waals surface area contributed by atoms with Gasteiger partial charge in [0.15, 0.2) is 0 Å². The number of imide groups is 1. The predicted octanol–water partition coefficient (Wildman–Crippen LogP) is 0.473. The second-order valence-corrected chi connectivity index (χ2v) is 9.27. The van der Waals surface area contributed by atoms with Crippen molar-refractivity contribution >= 4 is 41.3 Å². The summed E-state index contributed by atoms with van der Waals surface area (Å²) >= 11 is 0. The van der Waals surface area contributed by atoms with Gasteiger partial charge in [0.2, 0.25) is 11.8 Å². The molecule has 2 saturated heterocycles. The molecule has 0 aromatic heterocycles. The Kier molecular flexibility index (Phi) is 6.70. The molecule has 6 radical (unpaired) electrons.